The molecule has 0 aliphatic rings. The molecule has 0 fully saturated rings. The quantitative estimate of drug-likeness (QED) is 0.513. The number of carbonyl (C=O) groups excluding carboxylic acids is 1. The van der Waals surface area contributed by atoms with E-state index in [9.17, 15) is 9.59 Å². The maximum Gasteiger partial charge on any atom is 0.368 e. The average molecular weight is 405 g/mol. The molecule has 146 valence electrons. The molecule has 1 amide bonds. The van der Waals surface area contributed by atoms with Gasteiger partial charge in [-0.25, -0.2) is 4.79 Å². The highest BCUT2D eigenvalue weighted by atomic mass is 32.1. The highest BCUT2D eigenvalue weighted by Crippen LogP contribution is 2.25. The number of tetrazole rings is 1. The van der Waals surface area contributed by atoms with Gasteiger partial charge in [0.1, 0.15) is 0 Å². The number of thiophene rings is 1. The van der Waals surface area contributed by atoms with Gasteiger partial charge < -0.3 is 5.32 Å². The molecule has 29 heavy (non-hydrogen) atoms. The molecule has 2 heterocycles. The number of hydrogen-bond acceptors (Lipinski definition) is 5. The van der Waals surface area contributed by atoms with Crippen LogP contribution in [0.3, 0.4) is 0 Å². The molecule has 0 saturated heterocycles. The summed E-state index contributed by atoms with van der Waals surface area (Å²) in [4.78, 5) is 26.1. The van der Waals surface area contributed by atoms with E-state index in [0.29, 0.717) is 5.69 Å². The smallest absolute Gasteiger partial charge is 0.344 e. The first-order valence-electron chi connectivity index (χ1n) is 9.18. The van der Waals surface area contributed by atoms with Gasteiger partial charge in [0.25, 0.3) is 0 Å². The molecule has 8 heteroatoms. The van der Waals surface area contributed by atoms with Crippen molar-refractivity contribution in [3.63, 3.8) is 0 Å². The third-order valence-electron chi connectivity index (χ3n) is 4.46. The lowest BCUT2D eigenvalue weighted by molar-refractivity contribution is -0.121. The van der Waals surface area contributed by atoms with Crippen molar-refractivity contribution in [3.05, 3.63) is 99.1 Å². The summed E-state index contributed by atoms with van der Waals surface area (Å²) in [7, 11) is 0. The van der Waals surface area contributed by atoms with Crippen molar-refractivity contribution in [1.82, 2.24) is 25.1 Å². The SMILES string of the molecule is O=C(CCn1nnn(-c2ccccc2)c1=O)NC(c1ccccc1)c1cccs1. The fourth-order valence-electron chi connectivity index (χ4n) is 3.01. The van der Waals surface area contributed by atoms with Crippen molar-refractivity contribution in [2.45, 2.75) is 19.0 Å². The van der Waals surface area contributed by atoms with E-state index >= 15 is 0 Å². The van der Waals surface area contributed by atoms with Gasteiger partial charge in [0.15, 0.2) is 0 Å². The number of nitrogens with zero attached hydrogens (tertiary/aromatic N) is 4. The topological polar surface area (TPSA) is 81.8 Å². The molecule has 0 saturated carbocycles. The van der Waals surface area contributed by atoms with Gasteiger partial charge in [0, 0.05) is 11.3 Å². The number of rotatable bonds is 7. The van der Waals surface area contributed by atoms with Crippen LogP contribution in [0, 0.1) is 0 Å². The molecule has 0 bridgehead atoms. The molecule has 4 rings (SSSR count). The Bertz CT molecular complexity index is 1120. The van der Waals surface area contributed by atoms with Crippen molar-refractivity contribution < 1.29 is 4.79 Å². The Morgan fingerprint density at radius 2 is 1.69 bits per heavy atom. The molecular weight excluding hydrogens is 386 g/mol. The number of aromatic nitrogens is 4. The lowest BCUT2D eigenvalue weighted by Crippen LogP contribution is -2.31. The zero-order valence-corrected chi connectivity index (χ0v) is 16.3. The molecule has 7 nitrogen and oxygen atoms in total. The zero-order valence-electron chi connectivity index (χ0n) is 15.5. The third kappa shape index (κ3) is 4.33. The van der Waals surface area contributed by atoms with Crippen LogP contribution in [0.4, 0.5) is 0 Å². The van der Waals surface area contributed by atoms with Crippen molar-refractivity contribution >= 4 is 17.2 Å². The van der Waals surface area contributed by atoms with E-state index in [0.717, 1.165) is 10.4 Å². The van der Waals surface area contributed by atoms with Gasteiger partial charge in [-0.2, -0.15) is 9.36 Å². The molecule has 1 atom stereocenters. The fraction of sp³-hybridized carbons (Fsp3) is 0.143. The Morgan fingerprint density at radius 3 is 2.38 bits per heavy atom. The third-order valence-corrected chi connectivity index (χ3v) is 5.39. The molecule has 0 aliphatic heterocycles. The number of para-hydroxylation sites is 1. The van der Waals surface area contributed by atoms with E-state index in [2.05, 4.69) is 15.7 Å². The van der Waals surface area contributed by atoms with Crippen LogP contribution in [0.1, 0.15) is 22.9 Å². The number of hydrogen-bond donors (Lipinski definition) is 1. The second-order valence-electron chi connectivity index (χ2n) is 6.41. The normalized spacial score (nSPS) is 11.9. The van der Waals surface area contributed by atoms with E-state index in [1.165, 1.54) is 9.36 Å². The minimum absolute atomic E-state index is 0.127. The van der Waals surface area contributed by atoms with Crippen molar-refractivity contribution in [2.24, 2.45) is 0 Å². The van der Waals surface area contributed by atoms with Crippen LogP contribution in [-0.4, -0.2) is 25.7 Å². The molecule has 0 radical (unpaired) electrons. The number of nitrogens with one attached hydrogen (secondary N) is 1. The average Bonchev–Trinajstić information content (AvgIpc) is 3.42. The fourth-order valence-corrected chi connectivity index (χ4v) is 3.81. The Kier molecular flexibility index (Phi) is 5.62. The molecule has 2 aromatic carbocycles. The first kappa shape index (κ1) is 18.8. The minimum atomic E-state index is -0.373. The second kappa shape index (κ2) is 8.66. The van der Waals surface area contributed by atoms with Crippen molar-refractivity contribution in [3.8, 4) is 5.69 Å². The van der Waals surface area contributed by atoms with Crippen molar-refractivity contribution in [2.75, 3.05) is 0 Å². The van der Waals surface area contributed by atoms with Gasteiger partial charge in [-0.3, -0.25) is 4.79 Å². The first-order valence-corrected chi connectivity index (χ1v) is 10.1. The maximum atomic E-state index is 12.6. The van der Waals surface area contributed by atoms with E-state index < -0.39 is 0 Å². The summed E-state index contributed by atoms with van der Waals surface area (Å²) in [6.07, 6.45) is 0.127. The Labute approximate surface area is 171 Å². The highest BCUT2D eigenvalue weighted by molar-refractivity contribution is 7.10. The maximum absolute atomic E-state index is 12.6. The predicted octanol–water partition coefficient (Wildman–Crippen LogP) is 2.79. The Hall–Kier alpha value is -3.52. The summed E-state index contributed by atoms with van der Waals surface area (Å²) in [6, 6.07) is 22.6. The van der Waals surface area contributed by atoms with Crippen LogP contribution in [0.5, 0.6) is 0 Å². The summed E-state index contributed by atoms with van der Waals surface area (Å²) in [5.74, 6) is -0.159. The van der Waals surface area contributed by atoms with Crippen LogP contribution >= 0.6 is 11.3 Å². The second-order valence-corrected chi connectivity index (χ2v) is 7.39. The largest absolute Gasteiger partial charge is 0.368 e. The van der Waals surface area contributed by atoms with Crippen LogP contribution in [0.25, 0.3) is 5.69 Å². The number of amides is 1. The molecular formula is C21H19N5O2S. The summed E-state index contributed by atoms with van der Waals surface area (Å²) < 4.78 is 2.42. The summed E-state index contributed by atoms with van der Waals surface area (Å²) >= 11 is 1.59. The highest BCUT2D eigenvalue weighted by Gasteiger charge is 2.18. The lowest BCUT2D eigenvalue weighted by atomic mass is 10.1. The number of carbonyl (C=O) groups is 1. The van der Waals surface area contributed by atoms with Gasteiger partial charge in [0.2, 0.25) is 5.91 Å². The molecule has 0 aliphatic carbocycles. The lowest BCUT2D eigenvalue weighted by Gasteiger charge is -2.18. The van der Waals surface area contributed by atoms with Gasteiger partial charge in [-0.1, -0.05) is 54.6 Å². The van der Waals surface area contributed by atoms with Gasteiger partial charge >= 0.3 is 5.69 Å². The van der Waals surface area contributed by atoms with E-state index in [1.54, 1.807) is 23.5 Å². The molecule has 4 aromatic rings. The molecule has 1 unspecified atom stereocenters. The predicted molar refractivity (Wildman–Crippen MR) is 111 cm³/mol. The Balaban J connectivity index is 1.45. The van der Waals surface area contributed by atoms with Crippen LogP contribution in [0.15, 0.2) is 83.0 Å². The van der Waals surface area contributed by atoms with E-state index in [4.69, 9.17) is 0 Å². The zero-order chi connectivity index (χ0) is 20.1. The van der Waals surface area contributed by atoms with Crippen molar-refractivity contribution in [1.29, 1.82) is 0 Å². The van der Waals surface area contributed by atoms with E-state index in [-0.39, 0.29) is 30.6 Å². The molecule has 1 N–H and O–H groups in total. The number of aryl methyl sites for hydroxylation is 1. The first-order chi connectivity index (χ1) is 14.2. The van der Waals surface area contributed by atoms with Gasteiger partial charge in [-0.15, -0.1) is 11.3 Å². The summed E-state index contributed by atoms with van der Waals surface area (Å²) in [6.45, 7) is 0.156. The monoisotopic (exact) mass is 405 g/mol. The summed E-state index contributed by atoms with van der Waals surface area (Å²) in [5, 5.41) is 12.8. The standard InChI is InChI=1S/C21H19N5O2S/c27-19(22-20(18-12-7-15-29-18)16-8-3-1-4-9-16)13-14-25-21(28)26(24-23-25)17-10-5-2-6-11-17/h1-12,15,20H,13-14H2,(H,22,27). The van der Waals surface area contributed by atoms with Gasteiger partial charge in [0.05, 0.1) is 18.3 Å². The van der Waals surface area contributed by atoms with Crippen LogP contribution < -0.4 is 11.0 Å². The molecule has 2 aromatic heterocycles. The molecule has 0 spiro atoms. The van der Waals surface area contributed by atoms with Crippen LogP contribution in [-0.2, 0) is 11.3 Å². The number of benzene rings is 2. The summed E-state index contributed by atoms with van der Waals surface area (Å²) in [5.41, 5.74) is 1.27. The minimum Gasteiger partial charge on any atom is -0.344 e. The van der Waals surface area contributed by atoms with E-state index in [1.807, 2.05) is 66.0 Å². The van der Waals surface area contributed by atoms with Crippen LogP contribution in [0.2, 0.25) is 0 Å². The van der Waals surface area contributed by atoms with Gasteiger partial charge in [-0.05, 0) is 39.6 Å². The Morgan fingerprint density at radius 1 is 0.966 bits per heavy atom.